The predicted molar refractivity (Wildman–Crippen MR) is 94.8 cm³/mol. The summed E-state index contributed by atoms with van der Waals surface area (Å²) in [5, 5.41) is 4.00. The second kappa shape index (κ2) is 8.72. The van der Waals surface area contributed by atoms with E-state index in [-0.39, 0.29) is 12.3 Å². The zero-order valence-corrected chi connectivity index (χ0v) is 14.2. The number of ether oxygens (including phenoxy) is 2. The zero-order valence-electron chi connectivity index (χ0n) is 14.2. The lowest BCUT2D eigenvalue weighted by Gasteiger charge is -2.07. The van der Waals surface area contributed by atoms with Crippen LogP contribution < -0.4 is 14.9 Å². The average Bonchev–Trinajstić information content (AvgIpc) is 2.62. The molecule has 0 aliphatic heterocycles. The Kier molecular flexibility index (Phi) is 6.37. The van der Waals surface area contributed by atoms with Gasteiger partial charge in [0, 0.05) is 5.56 Å². The Labute approximate surface area is 142 Å². The van der Waals surface area contributed by atoms with Crippen LogP contribution in [0.4, 0.5) is 0 Å². The van der Waals surface area contributed by atoms with E-state index in [1.54, 1.807) is 38.6 Å². The lowest BCUT2D eigenvalue weighted by molar-refractivity contribution is -0.120. The molecule has 2 rings (SSSR count). The summed E-state index contributed by atoms with van der Waals surface area (Å²) in [6, 6.07) is 13.4. The van der Waals surface area contributed by atoms with Crippen molar-refractivity contribution in [1.29, 1.82) is 0 Å². The first kappa shape index (κ1) is 17.5. The van der Waals surface area contributed by atoms with Gasteiger partial charge in [-0.25, -0.2) is 5.43 Å². The fourth-order valence-corrected chi connectivity index (χ4v) is 2.23. The van der Waals surface area contributed by atoms with Crippen LogP contribution in [0.2, 0.25) is 0 Å². The van der Waals surface area contributed by atoms with Crippen molar-refractivity contribution in [3.63, 3.8) is 0 Å². The SMILES string of the molecule is CCc1ccc(CC(=O)N/N=C/c2cc(OC)ccc2OC)cc1. The van der Waals surface area contributed by atoms with Crippen LogP contribution in [0.15, 0.2) is 47.6 Å². The van der Waals surface area contributed by atoms with Crippen molar-refractivity contribution in [1.82, 2.24) is 5.43 Å². The third kappa shape index (κ3) is 4.84. The number of nitrogens with zero attached hydrogens (tertiary/aromatic N) is 1. The number of benzene rings is 2. The molecule has 5 heteroatoms. The van der Waals surface area contributed by atoms with Gasteiger partial charge in [0.2, 0.25) is 5.91 Å². The smallest absolute Gasteiger partial charge is 0.244 e. The molecule has 5 nitrogen and oxygen atoms in total. The Morgan fingerprint density at radius 3 is 2.42 bits per heavy atom. The molecule has 24 heavy (non-hydrogen) atoms. The minimum Gasteiger partial charge on any atom is -0.497 e. The molecule has 2 aromatic rings. The summed E-state index contributed by atoms with van der Waals surface area (Å²) < 4.78 is 10.4. The van der Waals surface area contributed by atoms with Crippen LogP contribution >= 0.6 is 0 Å². The van der Waals surface area contributed by atoms with Crippen LogP contribution in [-0.2, 0) is 17.6 Å². The molecule has 126 valence electrons. The van der Waals surface area contributed by atoms with E-state index in [1.165, 1.54) is 5.56 Å². The fourth-order valence-electron chi connectivity index (χ4n) is 2.23. The molecule has 0 atom stereocenters. The van der Waals surface area contributed by atoms with Crippen LogP contribution in [0.25, 0.3) is 0 Å². The standard InChI is InChI=1S/C19H22N2O3/c1-4-14-5-7-15(8-6-14)11-19(22)21-20-13-16-12-17(23-2)9-10-18(16)24-3/h5-10,12-13H,4,11H2,1-3H3,(H,21,22)/b20-13+. The van der Waals surface area contributed by atoms with Crippen molar-refractivity contribution in [3.05, 3.63) is 59.2 Å². The number of hydrazone groups is 1. The van der Waals surface area contributed by atoms with E-state index in [4.69, 9.17) is 9.47 Å². The maximum Gasteiger partial charge on any atom is 0.244 e. The molecule has 1 N–H and O–H groups in total. The second-order valence-corrected chi connectivity index (χ2v) is 5.25. The fraction of sp³-hybridized carbons (Fsp3) is 0.263. The maximum absolute atomic E-state index is 12.0. The number of carbonyl (C=O) groups is 1. The Hall–Kier alpha value is -2.82. The van der Waals surface area contributed by atoms with E-state index >= 15 is 0 Å². The zero-order chi connectivity index (χ0) is 17.4. The molecule has 0 unspecified atom stereocenters. The molecular weight excluding hydrogens is 304 g/mol. The van der Waals surface area contributed by atoms with Crippen molar-refractivity contribution in [2.24, 2.45) is 5.10 Å². The van der Waals surface area contributed by atoms with Gasteiger partial charge in [0.25, 0.3) is 0 Å². The molecule has 0 radical (unpaired) electrons. The molecule has 0 spiro atoms. The van der Waals surface area contributed by atoms with Gasteiger partial charge in [-0.2, -0.15) is 5.10 Å². The predicted octanol–water partition coefficient (Wildman–Crippen LogP) is 2.96. The Balaban J connectivity index is 1.96. The highest BCUT2D eigenvalue weighted by Crippen LogP contribution is 2.22. The first-order valence-electron chi connectivity index (χ1n) is 7.78. The Bertz CT molecular complexity index is 709. The molecular formula is C19H22N2O3. The Morgan fingerprint density at radius 1 is 1.08 bits per heavy atom. The number of nitrogens with one attached hydrogen (secondary N) is 1. The van der Waals surface area contributed by atoms with E-state index in [0.29, 0.717) is 11.5 Å². The number of aryl methyl sites for hydroxylation is 1. The van der Waals surface area contributed by atoms with Gasteiger partial charge in [-0.05, 0) is 35.7 Å². The second-order valence-electron chi connectivity index (χ2n) is 5.25. The normalized spacial score (nSPS) is 10.6. The lowest BCUT2D eigenvalue weighted by atomic mass is 10.1. The molecule has 0 fully saturated rings. The number of amides is 1. The highest BCUT2D eigenvalue weighted by molar-refractivity contribution is 5.86. The van der Waals surface area contributed by atoms with Crippen LogP contribution in [0, 0.1) is 0 Å². The summed E-state index contributed by atoms with van der Waals surface area (Å²) in [6.07, 6.45) is 2.81. The number of hydrogen-bond acceptors (Lipinski definition) is 4. The molecule has 0 bridgehead atoms. The number of rotatable bonds is 7. The van der Waals surface area contributed by atoms with Gasteiger partial charge in [-0.1, -0.05) is 31.2 Å². The molecule has 0 aliphatic carbocycles. The summed E-state index contributed by atoms with van der Waals surface area (Å²) in [6.45, 7) is 2.10. The summed E-state index contributed by atoms with van der Waals surface area (Å²) in [5.41, 5.74) is 5.47. The van der Waals surface area contributed by atoms with Crippen molar-refractivity contribution in [2.45, 2.75) is 19.8 Å². The van der Waals surface area contributed by atoms with Gasteiger partial charge in [0.05, 0.1) is 26.9 Å². The van der Waals surface area contributed by atoms with Crippen molar-refractivity contribution < 1.29 is 14.3 Å². The van der Waals surface area contributed by atoms with E-state index < -0.39 is 0 Å². The summed E-state index contributed by atoms with van der Waals surface area (Å²) >= 11 is 0. The highest BCUT2D eigenvalue weighted by atomic mass is 16.5. The Morgan fingerprint density at radius 2 is 1.79 bits per heavy atom. The van der Waals surface area contributed by atoms with E-state index in [9.17, 15) is 4.79 Å². The van der Waals surface area contributed by atoms with E-state index in [0.717, 1.165) is 17.5 Å². The van der Waals surface area contributed by atoms with Gasteiger partial charge in [-0.3, -0.25) is 4.79 Å². The number of hydrogen-bond donors (Lipinski definition) is 1. The number of carbonyl (C=O) groups excluding carboxylic acids is 1. The van der Waals surface area contributed by atoms with Gasteiger partial charge >= 0.3 is 0 Å². The third-order valence-electron chi connectivity index (χ3n) is 3.63. The average molecular weight is 326 g/mol. The quantitative estimate of drug-likeness (QED) is 0.628. The highest BCUT2D eigenvalue weighted by Gasteiger charge is 2.04. The first-order chi connectivity index (χ1) is 11.7. The first-order valence-corrected chi connectivity index (χ1v) is 7.78. The van der Waals surface area contributed by atoms with Crippen LogP contribution in [0.3, 0.4) is 0 Å². The van der Waals surface area contributed by atoms with E-state index in [2.05, 4.69) is 17.5 Å². The largest absolute Gasteiger partial charge is 0.497 e. The van der Waals surface area contributed by atoms with Gasteiger partial charge in [0.15, 0.2) is 0 Å². The molecule has 1 amide bonds. The number of methoxy groups -OCH3 is 2. The molecule has 0 heterocycles. The van der Waals surface area contributed by atoms with Crippen molar-refractivity contribution in [3.8, 4) is 11.5 Å². The van der Waals surface area contributed by atoms with Crippen molar-refractivity contribution in [2.75, 3.05) is 14.2 Å². The van der Waals surface area contributed by atoms with Gasteiger partial charge in [-0.15, -0.1) is 0 Å². The lowest BCUT2D eigenvalue weighted by Crippen LogP contribution is -2.19. The van der Waals surface area contributed by atoms with Gasteiger partial charge in [0.1, 0.15) is 11.5 Å². The summed E-state index contributed by atoms with van der Waals surface area (Å²) in [4.78, 5) is 12.0. The minimum absolute atomic E-state index is 0.169. The minimum atomic E-state index is -0.169. The molecule has 0 aliphatic rings. The maximum atomic E-state index is 12.0. The molecule has 0 saturated heterocycles. The topological polar surface area (TPSA) is 59.9 Å². The third-order valence-corrected chi connectivity index (χ3v) is 3.63. The van der Waals surface area contributed by atoms with Crippen LogP contribution in [-0.4, -0.2) is 26.3 Å². The van der Waals surface area contributed by atoms with Gasteiger partial charge < -0.3 is 9.47 Å². The molecule has 2 aromatic carbocycles. The van der Waals surface area contributed by atoms with E-state index in [1.807, 2.05) is 24.3 Å². The van der Waals surface area contributed by atoms with Crippen LogP contribution in [0.5, 0.6) is 11.5 Å². The van der Waals surface area contributed by atoms with Crippen molar-refractivity contribution >= 4 is 12.1 Å². The molecule has 0 aromatic heterocycles. The monoisotopic (exact) mass is 326 g/mol. The summed E-state index contributed by atoms with van der Waals surface area (Å²) in [7, 11) is 3.17. The molecule has 0 saturated carbocycles. The summed E-state index contributed by atoms with van der Waals surface area (Å²) in [5.74, 6) is 1.18. The van der Waals surface area contributed by atoms with Crippen LogP contribution in [0.1, 0.15) is 23.6 Å².